The van der Waals surface area contributed by atoms with Crippen LogP contribution in [0.5, 0.6) is 11.5 Å². The van der Waals surface area contributed by atoms with Crippen LogP contribution in [-0.2, 0) is 11.3 Å². The van der Waals surface area contributed by atoms with Gasteiger partial charge in [0.05, 0.1) is 7.11 Å². The summed E-state index contributed by atoms with van der Waals surface area (Å²) in [6, 6.07) is 4.86. The Morgan fingerprint density at radius 2 is 2.18 bits per heavy atom. The number of halogens is 3. The molecule has 1 fully saturated rings. The van der Waals surface area contributed by atoms with Crippen LogP contribution < -0.4 is 20.5 Å². The molecular formula is C18H27F2IN4O3. The predicted octanol–water partition coefficient (Wildman–Crippen LogP) is 2.58. The van der Waals surface area contributed by atoms with Crippen molar-refractivity contribution in [2.75, 3.05) is 27.2 Å². The first-order chi connectivity index (χ1) is 12.9. The zero-order valence-corrected chi connectivity index (χ0v) is 18.3. The van der Waals surface area contributed by atoms with E-state index in [9.17, 15) is 13.6 Å². The highest BCUT2D eigenvalue weighted by molar-refractivity contribution is 14.0. The Balaban J connectivity index is 0.00000392. The second kappa shape index (κ2) is 11.9. The van der Waals surface area contributed by atoms with Gasteiger partial charge in [-0.1, -0.05) is 6.07 Å². The van der Waals surface area contributed by atoms with Gasteiger partial charge in [-0.3, -0.25) is 9.79 Å². The van der Waals surface area contributed by atoms with Crippen molar-refractivity contribution in [3.05, 3.63) is 23.8 Å². The second-order valence-electron chi connectivity index (χ2n) is 6.39. The monoisotopic (exact) mass is 512 g/mol. The number of guanidine groups is 1. The lowest BCUT2D eigenvalue weighted by atomic mass is 9.95. The van der Waals surface area contributed by atoms with E-state index in [1.165, 1.54) is 13.2 Å². The SMILES string of the molecule is CN=C(NCc1ccc(OC)c(OC(F)F)c1)N1CCCC(CC(N)=O)C1.I. The molecular weight excluding hydrogens is 485 g/mol. The number of alkyl halides is 2. The maximum Gasteiger partial charge on any atom is 0.387 e. The van der Waals surface area contributed by atoms with E-state index < -0.39 is 6.61 Å². The fourth-order valence-corrected chi connectivity index (χ4v) is 3.24. The van der Waals surface area contributed by atoms with E-state index in [1.807, 2.05) is 0 Å². The number of hydrogen-bond donors (Lipinski definition) is 2. The molecule has 1 unspecified atom stereocenters. The van der Waals surface area contributed by atoms with E-state index in [0.29, 0.717) is 25.5 Å². The minimum absolute atomic E-state index is 0. The fraction of sp³-hybridized carbons (Fsp3) is 0.556. The number of carbonyl (C=O) groups is 1. The number of rotatable bonds is 7. The molecule has 28 heavy (non-hydrogen) atoms. The van der Waals surface area contributed by atoms with Crippen LogP contribution in [0.25, 0.3) is 0 Å². The average Bonchev–Trinajstić information content (AvgIpc) is 2.62. The molecule has 1 aliphatic rings. The van der Waals surface area contributed by atoms with Crippen LogP contribution >= 0.6 is 24.0 Å². The molecule has 0 spiro atoms. The number of carbonyl (C=O) groups excluding carboxylic acids is 1. The van der Waals surface area contributed by atoms with Crippen molar-refractivity contribution in [2.24, 2.45) is 16.6 Å². The molecule has 1 saturated heterocycles. The number of likely N-dealkylation sites (tertiary alicyclic amines) is 1. The first-order valence-corrected chi connectivity index (χ1v) is 8.78. The molecule has 10 heteroatoms. The summed E-state index contributed by atoms with van der Waals surface area (Å²) < 4.78 is 34.7. The highest BCUT2D eigenvalue weighted by Crippen LogP contribution is 2.29. The molecule has 3 N–H and O–H groups in total. The Bertz CT molecular complexity index is 676. The first-order valence-electron chi connectivity index (χ1n) is 8.78. The summed E-state index contributed by atoms with van der Waals surface area (Å²) in [6.07, 6.45) is 2.27. The number of hydrogen-bond acceptors (Lipinski definition) is 4. The molecule has 7 nitrogen and oxygen atoms in total. The van der Waals surface area contributed by atoms with Gasteiger partial charge in [0.15, 0.2) is 17.5 Å². The quantitative estimate of drug-likeness (QED) is 0.333. The molecule has 1 atom stereocenters. The number of piperidine rings is 1. The van der Waals surface area contributed by atoms with E-state index in [1.54, 1.807) is 19.2 Å². The van der Waals surface area contributed by atoms with Gasteiger partial charge in [0.25, 0.3) is 0 Å². The number of nitrogens with one attached hydrogen (secondary N) is 1. The van der Waals surface area contributed by atoms with Crippen LogP contribution in [0.3, 0.4) is 0 Å². The molecule has 0 aromatic heterocycles. The zero-order valence-electron chi connectivity index (χ0n) is 16.0. The number of aliphatic imine (C=N–C) groups is 1. The largest absolute Gasteiger partial charge is 0.493 e. The Morgan fingerprint density at radius 3 is 2.79 bits per heavy atom. The zero-order chi connectivity index (χ0) is 19.8. The van der Waals surface area contributed by atoms with Crippen LogP contribution in [-0.4, -0.2) is 50.6 Å². The normalized spacial score (nSPS) is 17.1. The molecule has 0 bridgehead atoms. The number of primary amides is 1. The lowest BCUT2D eigenvalue weighted by Crippen LogP contribution is -2.46. The molecule has 0 radical (unpaired) electrons. The number of amides is 1. The van der Waals surface area contributed by atoms with Gasteiger partial charge in [-0.25, -0.2) is 0 Å². The molecule has 1 heterocycles. The van der Waals surface area contributed by atoms with Crippen molar-refractivity contribution in [1.29, 1.82) is 0 Å². The Hall–Kier alpha value is -1.85. The summed E-state index contributed by atoms with van der Waals surface area (Å²) in [4.78, 5) is 17.5. The van der Waals surface area contributed by atoms with Crippen molar-refractivity contribution < 1.29 is 23.0 Å². The average molecular weight is 512 g/mol. The maximum absolute atomic E-state index is 12.6. The predicted molar refractivity (Wildman–Crippen MR) is 113 cm³/mol. The van der Waals surface area contributed by atoms with Gasteiger partial charge in [0.2, 0.25) is 5.91 Å². The first kappa shape index (κ1) is 24.2. The van der Waals surface area contributed by atoms with E-state index in [0.717, 1.165) is 24.9 Å². The van der Waals surface area contributed by atoms with Gasteiger partial charge in [0, 0.05) is 33.1 Å². The molecule has 1 aliphatic heterocycles. The van der Waals surface area contributed by atoms with Crippen LogP contribution in [0.2, 0.25) is 0 Å². The van der Waals surface area contributed by atoms with Gasteiger partial charge in [0.1, 0.15) is 0 Å². The number of nitrogens with zero attached hydrogens (tertiary/aromatic N) is 2. The molecule has 1 aromatic rings. The highest BCUT2D eigenvalue weighted by Gasteiger charge is 2.23. The lowest BCUT2D eigenvalue weighted by molar-refractivity contribution is -0.119. The smallest absolute Gasteiger partial charge is 0.387 e. The number of benzene rings is 1. The topological polar surface area (TPSA) is 89.2 Å². The summed E-state index contributed by atoms with van der Waals surface area (Å²) in [5.41, 5.74) is 6.05. The summed E-state index contributed by atoms with van der Waals surface area (Å²) in [6.45, 7) is -1.01. The minimum atomic E-state index is -2.93. The molecule has 0 aliphatic carbocycles. The summed E-state index contributed by atoms with van der Waals surface area (Å²) in [7, 11) is 3.08. The standard InChI is InChI=1S/C18H26F2N4O3.HI/c1-22-18(24-7-3-4-13(11-24)9-16(21)25)23-10-12-5-6-14(26-2)15(8-12)27-17(19)20;/h5-6,8,13,17H,3-4,7,9-11H2,1-2H3,(H2,21,25)(H,22,23);1H. The van der Waals surface area contributed by atoms with E-state index in [4.69, 9.17) is 10.5 Å². The maximum atomic E-state index is 12.6. The van der Waals surface area contributed by atoms with Crippen molar-refractivity contribution >= 4 is 35.8 Å². The molecule has 1 amide bonds. The molecule has 0 saturated carbocycles. The van der Waals surface area contributed by atoms with Gasteiger partial charge in [-0.15, -0.1) is 24.0 Å². The van der Waals surface area contributed by atoms with Crippen LogP contribution in [0.15, 0.2) is 23.2 Å². The third kappa shape index (κ3) is 7.28. The Kier molecular flexibility index (Phi) is 10.3. The molecule has 1 aromatic carbocycles. The number of nitrogens with two attached hydrogens (primary N) is 1. The number of methoxy groups -OCH3 is 1. The minimum Gasteiger partial charge on any atom is -0.493 e. The summed E-state index contributed by atoms with van der Waals surface area (Å²) in [5, 5.41) is 3.22. The van der Waals surface area contributed by atoms with Gasteiger partial charge in [-0.2, -0.15) is 8.78 Å². The van der Waals surface area contributed by atoms with Crippen LogP contribution in [0, 0.1) is 5.92 Å². The van der Waals surface area contributed by atoms with Crippen molar-refractivity contribution in [3.63, 3.8) is 0 Å². The van der Waals surface area contributed by atoms with Crippen molar-refractivity contribution in [3.8, 4) is 11.5 Å². The third-order valence-corrected chi connectivity index (χ3v) is 4.41. The van der Waals surface area contributed by atoms with Crippen LogP contribution in [0.1, 0.15) is 24.8 Å². The van der Waals surface area contributed by atoms with Gasteiger partial charge in [-0.05, 0) is 36.5 Å². The van der Waals surface area contributed by atoms with E-state index in [2.05, 4.69) is 19.9 Å². The Labute approximate surface area is 180 Å². The number of ether oxygens (including phenoxy) is 2. The van der Waals surface area contributed by atoms with Crippen LogP contribution in [0.4, 0.5) is 8.78 Å². The summed E-state index contributed by atoms with van der Waals surface area (Å²) >= 11 is 0. The Morgan fingerprint density at radius 1 is 1.43 bits per heavy atom. The molecule has 158 valence electrons. The third-order valence-electron chi connectivity index (χ3n) is 4.41. The molecule has 2 rings (SSSR count). The van der Waals surface area contributed by atoms with Crippen molar-refractivity contribution in [2.45, 2.75) is 32.4 Å². The fourth-order valence-electron chi connectivity index (χ4n) is 3.24. The van der Waals surface area contributed by atoms with E-state index in [-0.39, 0.29) is 47.3 Å². The summed E-state index contributed by atoms with van der Waals surface area (Å²) in [5.74, 6) is 0.836. The van der Waals surface area contributed by atoms with Gasteiger partial charge >= 0.3 is 6.61 Å². The van der Waals surface area contributed by atoms with Gasteiger partial charge < -0.3 is 25.4 Å². The lowest BCUT2D eigenvalue weighted by Gasteiger charge is -2.34. The second-order valence-corrected chi connectivity index (χ2v) is 6.39. The highest BCUT2D eigenvalue weighted by atomic mass is 127. The van der Waals surface area contributed by atoms with Crippen molar-refractivity contribution in [1.82, 2.24) is 10.2 Å². The van der Waals surface area contributed by atoms with E-state index >= 15 is 0 Å².